The van der Waals surface area contributed by atoms with Gasteiger partial charge < -0.3 is 9.64 Å². The molecule has 3 heterocycles. The number of carbonyl (C=O) groups excluding carboxylic acids is 2. The smallest absolute Gasteiger partial charge is 0.265 e. The van der Waals surface area contributed by atoms with Crippen LogP contribution in [0.3, 0.4) is 0 Å². The summed E-state index contributed by atoms with van der Waals surface area (Å²) in [5.74, 6) is 0.979. The third kappa shape index (κ3) is 5.67. The minimum atomic E-state index is -3.70. The number of piperidine rings is 2. The molecule has 0 unspecified atom stereocenters. The number of rotatable bonds is 6. The van der Waals surface area contributed by atoms with E-state index in [4.69, 9.17) is 4.74 Å². The van der Waals surface area contributed by atoms with Gasteiger partial charge >= 0.3 is 0 Å². The summed E-state index contributed by atoms with van der Waals surface area (Å²) in [4.78, 5) is 29.3. The Morgan fingerprint density at radius 3 is 2.38 bits per heavy atom. The number of anilines is 1. The van der Waals surface area contributed by atoms with Gasteiger partial charge in [0.2, 0.25) is 15.9 Å². The number of hydrogen-bond acceptors (Lipinski definition) is 5. The van der Waals surface area contributed by atoms with Gasteiger partial charge in [0.1, 0.15) is 12.3 Å². The van der Waals surface area contributed by atoms with Crippen molar-refractivity contribution in [3.8, 4) is 5.75 Å². The highest BCUT2D eigenvalue weighted by Gasteiger charge is 2.34. The Bertz CT molecular complexity index is 1230. The van der Waals surface area contributed by atoms with Crippen LogP contribution in [0.4, 0.5) is 5.69 Å². The van der Waals surface area contributed by atoms with Gasteiger partial charge in [-0.25, -0.2) is 8.42 Å². The van der Waals surface area contributed by atoms with Crippen LogP contribution in [-0.4, -0.2) is 68.8 Å². The predicted molar refractivity (Wildman–Crippen MR) is 141 cm³/mol. The van der Waals surface area contributed by atoms with Crippen molar-refractivity contribution in [2.75, 3.05) is 44.2 Å². The van der Waals surface area contributed by atoms with E-state index >= 15 is 0 Å². The second-order valence-electron chi connectivity index (χ2n) is 10.5. The molecule has 9 heteroatoms. The number of benzene rings is 2. The maximum Gasteiger partial charge on any atom is 0.265 e. The zero-order chi connectivity index (χ0) is 26.0. The summed E-state index contributed by atoms with van der Waals surface area (Å²) < 4.78 is 33.7. The molecule has 0 radical (unpaired) electrons. The normalized spacial score (nSPS) is 20.0. The Kier molecular flexibility index (Phi) is 7.53. The molecule has 0 bridgehead atoms. The molecule has 0 spiro atoms. The van der Waals surface area contributed by atoms with Gasteiger partial charge in [0, 0.05) is 26.2 Å². The van der Waals surface area contributed by atoms with Gasteiger partial charge in [0.05, 0.1) is 10.6 Å². The molecular formula is C28H35N3O5S. The van der Waals surface area contributed by atoms with E-state index in [1.54, 1.807) is 6.07 Å². The van der Waals surface area contributed by atoms with Gasteiger partial charge in [-0.15, -0.1) is 0 Å². The first-order valence-corrected chi connectivity index (χ1v) is 14.6. The van der Waals surface area contributed by atoms with E-state index in [0.717, 1.165) is 32.1 Å². The lowest BCUT2D eigenvalue weighted by atomic mass is 9.90. The minimum absolute atomic E-state index is 0.122. The molecule has 0 atom stereocenters. The van der Waals surface area contributed by atoms with Gasteiger partial charge in [-0.1, -0.05) is 37.3 Å². The van der Waals surface area contributed by atoms with Gasteiger partial charge in [-0.3, -0.25) is 14.5 Å². The lowest BCUT2D eigenvalue weighted by Crippen LogP contribution is -2.48. The van der Waals surface area contributed by atoms with Crippen molar-refractivity contribution in [2.24, 2.45) is 11.8 Å². The Morgan fingerprint density at radius 2 is 1.68 bits per heavy atom. The standard InChI is InChI=1S/C28H35N3O5S/c1-21-9-15-30(16-10-21)37(34,35)24-7-8-26-25(18-24)31(28(33)20-36-26)19-27(32)29-13-11-23(12-14-29)17-22-5-3-2-4-6-22/h2-8,18,21,23H,9-17,19-20H2,1H3. The molecule has 2 amide bonds. The van der Waals surface area contributed by atoms with Crippen LogP contribution in [0.2, 0.25) is 0 Å². The molecule has 2 saturated heterocycles. The van der Waals surface area contributed by atoms with Crippen LogP contribution < -0.4 is 9.64 Å². The summed E-state index contributed by atoms with van der Waals surface area (Å²) in [7, 11) is -3.70. The SMILES string of the molecule is CC1CCN(S(=O)(=O)c2ccc3c(c2)N(CC(=O)N2CCC(Cc4ccccc4)CC2)C(=O)CO3)CC1. The number of sulfonamides is 1. The van der Waals surface area contributed by atoms with Gasteiger partial charge in [0.15, 0.2) is 6.61 Å². The summed E-state index contributed by atoms with van der Waals surface area (Å²) in [6.45, 7) is 4.12. The highest BCUT2D eigenvalue weighted by molar-refractivity contribution is 7.89. The molecule has 2 aromatic rings. The van der Waals surface area contributed by atoms with Gasteiger partial charge in [0.25, 0.3) is 5.91 Å². The quantitative estimate of drug-likeness (QED) is 0.578. The zero-order valence-electron chi connectivity index (χ0n) is 21.3. The van der Waals surface area contributed by atoms with Crippen molar-refractivity contribution in [3.05, 3.63) is 54.1 Å². The van der Waals surface area contributed by atoms with Gasteiger partial charge in [-0.2, -0.15) is 4.31 Å². The lowest BCUT2D eigenvalue weighted by molar-refractivity contribution is -0.133. The first-order valence-electron chi connectivity index (χ1n) is 13.2. The minimum Gasteiger partial charge on any atom is -0.482 e. The van der Waals surface area contributed by atoms with Crippen LogP contribution in [0.1, 0.15) is 38.2 Å². The largest absolute Gasteiger partial charge is 0.482 e. The van der Waals surface area contributed by atoms with Crippen LogP contribution >= 0.6 is 0 Å². The lowest BCUT2D eigenvalue weighted by Gasteiger charge is -2.35. The molecule has 3 aliphatic heterocycles. The Balaban J connectivity index is 1.26. The highest BCUT2D eigenvalue weighted by atomic mass is 32.2. The van der Waals surface area contributed by atoms with Crippen molar-refractivity contribution in [1.82, 2.24) is 9.21 Å². The van der Waals surface area contributed by atoms with Crippen LogP contribution in [0.25, 0.3) is 0 Å². The summed E-state index contributed by atoms with van der Waals surface area (Å²) in [5, 5.41) is 0. The molecule has 198 valence electrons. The maximum absolute atomic E-state index is 13.3. The van der Waals surface area contributed by atoms with Crippen molar-refractivity contribution in [1.29, 1.82) is 0 Å². The van der Waals surface area contributed by atoms with Crippen LogP contribution in [0.15, 0.2) is 53.4 Å². The van der Waals surface area contributed by atoms with E-state index in [-0.39, 0.29) is 29.9 Å². The molecular weight excluding hydrogens is 490 g/mol. The first-order chi connectivity index (χ1) is 17.8. The summed E-state index contributed by atoms with van der Waals surface area (Å²) >= 11 is 0. The Morgan fingerprint density at radius 1 is 0.973 bits per heavy atom. The molecule has 3 aliphatic rings. The number of fused-ring (bicyclic) bond motifs is 1. The second kappa shape index (κ2) is 10.8. The number of nitrogens with zero attached hydrogens (tertiary/aromatic N) is 3. The molecule has 0 N–H and O–H groups in total. The van der Waals surface area contributed by atoms with E-state index in [9.17, 15) is 18.0 Å². The van der Waals surface area contributed by atoms with Crippen molar-refractivity contribution >= 4 is 27.5 Å². The fourth-order valence-electron chi connectivity index (χ4n) is 5.46. The zero-order valence-corrected chi connectivity index (χ0v) is 22.2. The number of amides is 2. The van der Waals surface area contributed by atoms with E-state index < -0.39 is 10.0 Å². The average Bonchev–Trinajstić information content (AvgIpc) is 2.91. The second-order valence-corrected chi connectivity index (χ2v) is 12.4. The summed E-state index contributed by atoms with van der Waals surface area (Å²) in [6.07, 6.45) is 4.50. The van der Waals surface area contributed by atoms with Crippen molar-refractivity contribution < 1.29 is 22.7 Å². The highest BCUT2D eigenvalue weighted by Crippen LogP contribution is 2.36. The summed E-state index contributed by atoms with van der Waals surface area (Å²) in [6, 6.07) is 15.0. The van der Waals surface area contributed by atoms with Crippen LogP contribution in [-0.2, 0) is 26.0 Å². The van der Waals surface area contributed by atoms with Crippen molar-refractivity contribution in [3.63, 3.8) is 0 Å². The van der Waals surface area contributed by atoms with E-state index in [0.29, 0.717) is 49.5 Å². The van der Waals surface area contributed by atoms with E-state index in [1.165, 1.54) is 26.9 Å². The third-order valence-electron chi connectivity index (χ3n) is 7.88. The third-order valence-corrected chi connectivity index (χ3v) is 9.78. The van der Waals surface area contributed by atoms with E-state index in [1.807, 2.05) is 11.0 Å². The topological polar surface area (TPSA) is 87.2 Å². The molecule has 0 saturated carbocycles. The Labute approximate surface area is 219 Å². The maximum atomic E-state index is 13.3. The number of ether oxygens (including phenoxy) is 1. The van der Waals surface area contributed by atoms with E-state index in [2.05, 4.69) is 31.2 Å². The number of carbonyl (C=O) groups is 2. The molecule has 0 aliphatic carbocycles. The molecule has 8 nitrogen and oxygen atoms in total. The fraction of sp³-hybridized carbons (Fsp3) is 0.500. The fourth-order valence-corrected chi connectivity index (χ4v) is 6.95. The monoisotopic (exact) mass is 525 g/mol. The average molecular weight is 526 g/mol. The summed E-state index contributed by atoms with van der Waals surface area (Å²) in [5.41, 5.74) is 1.66. The molecule has 2 fully saturated rings. The molecule has 37 heavy (non-hydrogen) atoms. The molecule has 2 aromatic carbocycles. The number of likely N-dealkylation sites (tertiary alicyclic amines) is 1. The molecule has 0 aromatic heterocycles. The number of hydrogen-bond donors (Lipinski definition) is 0. The molecule has 5 rings (SSSR count). The predicted octanol–water partition coefficient (Wildman–Crippen LogP) is 3.31. The van der Waals surface area contributed by atoms with Gasteiger partial charge in [-0.05, 0) is 67.7 Å². The Hall–Kier alpha value is -2.91. The first kappa shape index (κ1) is 25.7. The van der Waals surface area contributed by atoms with Crippen LogP contribution in [0.5, 0.6) is 5.75 Å². The van der Waals surface area contributed by atoms with Crippen LogP contribution in [0, 0.1) is 11.8 Å². The van der Waals surface area contributed by atoms with Crippen molar-refractivity contribution in [2.45, 2.75) is 43.9 Å².